The Kier molecular flexibility index (Phi) is 4.76. The first-order valence-electron chi connectivity index (χ1n) is 6.38. The van der Waals surface area contributed by atoms with Crippen molar-refractivity contribution >= 4 is 10.0 Å². The molecule has 2 N–H and O–H groups in total. The molecule has 2 aromatic rings. The molecule has 0 atom stereocenters. The van der Waals surface area contributed by atoms with Crippen molar-refractivity contribution in [2.24, 2.45) is 0 Å². The van der Waals surface area contributed by atoms with E-state index in [1.165, 1.54) is 31.6 Å². The molecule has 0 radical (unpaired) electrons. The summed E-state index contributed by atoms with van der Waals surface area (Å²) in [5.41, 5.74) is 1.38. The van der Waals surface area contributed by atoms with Crippen LogP contribution in [0.3, 0.4) is 0 Å². The third-order valence-corrected chi connectivity index (χ3v) is 4.60. The van der Waals surface area contributed by atoms with Gasteiger partial charge in [0.05, 0.1) is 17.4 Å². The van der Waals surface area contributed by atoms with Gasteiger partial charge in [0.15, 0.2) is 0 Å². The van der Waals surface area contributed by atoms with Gasteiger partial charge in [0.25, 0.3) is 0 Å². The molecule has 21 heavy (non-hydrogen) atoms. The predicted molar refractivity (Wildman–Crippen MR) is 76.6 cm³/mol. The number of sulfonamides is 1. The second kappa shape index (κ2) is 6.38. The zero-order valence-electron chi connectivity index (χ0n) is 11.8. The highest BCUT2D eigenvalue weighted by atomic mass is 32.2. The average Bonchev–Trinajstić information content (AvgIpc) is 2.94. The summed E-state index contributed by atoms with van der Waals surface area (Å²) in [4.78, 5) is -0.0451. The van der Waals surface area contributed by atoms with Crippen LogP contribution in [0.2, 0.25) is 0 Å². The molecule has 0 saturated carbocycles. The summed E-state index contributed by atoms with van der Waals surface area (Å²) >= 11 is 0. The second-order valence-electron chi connectivity index (χ2n) is 4.69. The average molecular weight is 312 g/mol. The molecule has 0 aliphatic carbocycles. The zero-order valence-corrected chi connectivity index (χ0v) is 12.6. The van der Waals surface area contributed by atoms with Crippen molar-refractivity contribution < 1.29 is 17.2 Å². The molecule has 1 heterocycles. The van der Waals surface area contributed by atoms with Gasteiger partial charge in [-0.25, -0.2) is 17.5 Å². The first-order valence-corrected chi connectivity index (χ1v) is 7.86. The maximum atomic E-state index is 13.9. The standard InChI is InChI=1S/C14H17FN2O3S/c1-10-13(15)5-12(7-16-2)6-14(10)21(18,19)17-8-11-3-4-20-9-11/h3-6,9,16-17H,7-8H2,1-2H3. The molecule has 5 nitrogen and oxygen atoms in total. The number of benzene rings is 1. The molecule has 114 valence electrons. The van der Waals surface area contributed by atoms with Gasteiger partial charge >= 0.3 is 0 Å². The Balaban J connectivity index is 2.30. The molecule has 1 aromatic carbocycles. The normalized spacial score (nSPS) is 11.8. The van der Waals surface area contributed by atoms with E-state index in [2.05, 4.69) is 10.0 Å². The smallest absolute Gasteiger partial charge is 0.241 e. The number of hydrogen-bond acceptors (Lipinski definition) is 4. The van der Waals surface area contributed by atoms with E-state index in [0.29, 0.717) is 17.7 Å². The lowest BCUT2D eigenvalue weighted by Gasteiger charge is -2.12. The summed E-state index contributed by atoms with van der Waals surface area (Å²) in [6.45, 7) is 1.93. The van der Waals surface area contributed by atoms with E-state index in [9.17, 15) is 12.8 Å². The van der Waals surface area contributed by atoms with Gasteiger partial charge in [-0.3, -0.25) is 0 Å². The van der Waals surface area contributed by atoms with E-state index in [1.54, 1.807) is 13.1 Å². The Morgan fingerprint density at radius 3 is 2.62 bits per heavy atom. The largest absolute Gasteiger partial charge is 0.472 e. The number of hydrogen-bond donors (Lipinski definition) is 2. The topological polar surface area (TPSA) is 71.3 Å². The fraction of sp³-hybridized carbons (Fsp3) is 0.286. The highest BCUT2D eigenvalue weighted by molar-refractivity contribution is 7.89. The molecule has 2 rings (SSSR count). The summed E-state index contributed by atoms with van der Waals surface area (Å²) in [6.07, 6.45) is 2.91. The lowest BCUT2D eigenvalue weighted by atomic mass is 10.1. The molecule has 0 unspecified atom stereocenters. The minimum Gasteiger partial charge on any atom is -0.472 e. The number of nitrogens with one attached hydrogen (secondary N) is 2. The number of rotatable bonds is 6. The molecule has 0 fully saturated rings. The van der Waals surface area contributed by atoms with Crippen LogP contribution in [0.15, 0.2) is 40.0 Å². The van der Waals surface area contributed by atoms with E-state index in [0.717, 1.165) is 0 Å². The molecule has 0 saturated heterocycles. The lowest BCUT2D eigenvalue weighted by molar-refractivity contribution is 0.560. The van der Waals surface area contributed by atoms with Crippen molar-refractivity contribution in [3.63, 3.8) is 0 Å². The van der Waals surface area contributed by atoms with E-state index < -0.39 is 15.8 Å². The van der Waals surface area contributed by atoms with Crippen LogP contribution in [0.25, 0.3) is 0 Å². The molecule has 0 aliphatic heterocycles. The molecule has 1 aromatic heterocycles. The van der Waals surface area contributed by atoms with Crippen LogP contribution in [0.5, 0.6) is 0 Å². The van der Waals surface area contributed by atoms with E-state index in [4.69, 9.17) is 4.42 Å². The first kappa shape index (κ1) is 15.7. The van der Waals surface area contributed by atoms with Gasteiger partial charge < -0.3 is 9.73 Å². The van der Waals surface area contributed by atoms with Crippen molar-refractivity contribution in [3.8, 4) is 0 Å². The summed E-state index contributed by atoms with van der Waals surface area (Å²) in [5, 5.41) is 2.87. The van der Waals surface area contributed by atoms with E-state index in [-0.39, 0.29) is 17.0 Å². The highest BCUT2D eigenvalue weighted by Gasteiger charge is 2.20. The van der Waals surface area contributed by atoms with Crippen LogP contribution in [-0.4, -0.2) is 15.5 Å². The molecule has 7 heteroatoms. The van der Waals surface area contributed by atoms with Crippen LogP contribution in [-0.2, 0) is 23.1 Å². The minimum absolute atomic E-state index is 0.0451. The minimum atomic E-state index is -3.79. The third-order valence-electron chi connectivity index (χ3n) is 3.07. The summed E-state index contributed by atoms with van der Waals surface area (Å²) < 4.78 is 45.8. The van der Waals surface area contributed by atoms with Crippen molar-refractivity contribution in [1.82, 2.24) is 10.0 Å². The molecular formula is C14H17FN2O3S. The van der Waals surface area contributed by atoms with Crippen molar-refractivity contribution in [1.29, 1.82) is 0 Å². The maximum absolute atomic E-state index is 13.9. The van der Waals surface area contributed by atoms with Gasteiger partial charge in [-0.2, -0.15) is 0 Å². The molecular weight excluding hydrogens is 295 g/mol. The highest BCUT2D eigenvalue weighted by Crippen LogP contribution is 2.21. The summed E-state index contributed by atoms with van der Waals surface area (Å²) in [7, 11) is -2.08. The SMILES string of the molecule is CNCc1cc(F)c(C)c(S(=O)(=O)NCc2ccoc2)c1. The summed E-state index contributed by atoms with van der Waals surface area (Å²) in [6, 6.07) is 4.47. The third kappa shape index (κ3) is 3.69. The predicted octanol–water partition coefficient (Wildman–Crippen LogP) is 1.93. The van der Waals surface area contributed by atoms with Crippen molar-refractivity contribution in [2.45, 2.75) is 24.9 Å². The Bertz CT molecular complexity index is 712. The van der Waals surface area contributed by atoms with Crippen molar-refractivity contribution in [3.05, 3.63) is 53.2 Å². The Morgan fingerprint density at radius 2 is 2.00 bits per heavy atom. The van der Waals surface area contributed by atoms with Crippen LogP contribution in [0, 0.1) is 12.7 Å². The van der Waals surface area contributed by atoms with E-state index in [1.807, 2.05) is 0 Å². The van der Waals surface area contributed by atoms with Gasteiger partial charge in [0.1, 0.15) is 5.82 Å². The van der Waals surface area contributed by atoms with Crippen LogP contribution >= 0.6 is 0 Å². The number of furan rings is 1. The van der Waals surface area contributed by atoms with Gasteiger partial charge in [0.2, 0.25) is 10.0 Å². The second-order valence-corrected chi connectivity index (χ2v) is 6.42. The zero-order chi connectivity index (χ0) is 15.5. The Hall–Kier alpha value is -1.70. The van der Waals surface area contributed by atoms with Gasteiger partial charge in [0, 0.05) is 24.2 Å². The Labute approximate surface area is 123 Å². The van der Waals surface area contributed by atoms with Crippen LogP contribution in [0.1, 0.15) is 16.7 Å². The Morgan fingerprint density at radius 1 is 1.24 bits per heavy atom. The fourth-order valence-electron chi connectivity index (χ4n) is 1.94. The maximum Gasteiger partial charge on any atom is 0.241 e. The van der Waals surface area contributed by atoms with Crippen molar-refractivity contribution in [2.75, 3.05) is 7.05 Å². The van der Waals surface area contributed by atoms with E-state index >= 15 is 0 Å². The lowest BCUT2D eigenvalue weighted by Crippen LogP contribution is -2.24. The fourth-order valence-corrected chi connectivity index (χ4v) is 3.26. The van der Waals surface area contributed by atoms with Crippen LogP contribution in [0.4, 0.5) is 4.39 Å². The molecule has 0 amide bonds. The van der Waals surface area contributed by atoms with Gasteiger partial charge in [-0.1, -0.05) is 0 Å². The van der Waals surface area contributed by atoms with Crippen LogP contribution < -0.4 is 10.0 Å². The monoisotopic (exact) mass is 312 g/mol. The molecule has 0 aliphatic rings. The van der Waals surface area contributed by atoms with Gasteiger partial charge in [-0.15, -0.1) is 0 Å². The number of halogens is 1. The quantitative estimate of drug-likeness (QED) is 0.855. The first-order chi connectivity index (χ1) is 9.94. The van der Waals surface area contributed by atoms with Gasteiger partial charge in [-0.05, 0) is 37.7 Å². The molecule has 0 bridgehead atoms. The molecule has 0 spiro atoms. The summed E-state index contributed by atoms with van der Waals surface area (Å²) in [5.74, 6) is -0.536.